The Labute approximate surface area is 156 Å². The van der Waals surface area contributed by atoms with Crippen molar-refractivity contribution < 1.29 is 9.90 Å². The number of carboxylic acid groups (broad SMARTS) is 1. The lowest BCUT2D eigenvalue weighted by Gasteiger charge is -2.21. The molecule has 0 bridgehead atoms. The summed E-state index contributed by atoms with van der Waals surface area (Å²) in [4.78, 5) is 14.0. The summed E-state index contributed by atoms with van der Waals surface area (Å²) in [6.45, 7) is 8.17. The fraction of sp³-hybridized carbons (Fsp3) is 0.435. The summed E-state index contributed by atoms with van der Waals surface area (Å²) in [5.74, 6) is -0.804. The van der Waals surface area contributed by atoms with Crippen LogP contribution in [0.5, 0.6) is 0 Å². The molecule has 1 heterocycles. The zero-order chi connectivity index (χ0) is 18.7. The van der Waals surface area contributed by atoms with Crippen LogP contribution in [0.25, 0.3) is 11.1 Å². The number of rotatable bonds is 6. The molecule has 2 aromatic rings. The molecule has 0 amide bonds. The Morgan fingerprint density at radius 3 is 2.15 bits per heavy atom. The lowest BCUT2D eigenvalue weighted by Crippen LogP contribution is -2.28. The zero-order valence-corrected chi connectivity index (χ0v) is 16.0. The normalized spacial score (nSPS) is 18.2. The van der Waals surface area contributed by atoms with Crippen LogP contribution in [-0.2, 0) is 16.6 Å². The molecule has 0 saturated carbocycles. The Balaban J connectivity index is 1.65. The van der Waals surface area contributed by atoms with Crippen molar-refractivity contribution in [2.75, 3.05) is 13.1 Å². The van der Waals surface area contributed by atoms with Gasteiger partial charge in [-0.2, -0.15) is 0 Å². The number of carbonyl (C=O) groups is 1. The van der Waals surface area contributed by atoms with Gasteiger partial charge in [-0.25, -0.2) is 0 Å². The van der Waals surface area contributed by atoms with Crippen LogP contribution in [0.1, 0.15) is 44.7 Å². The van der Waals surface area contributed by atoms with Gasteiger partial charge in [-0.05, 0) is 68.8 Å². The van der Waals surface area contributed by atoms with Crippen molar-refractivity contribution in [3.8, 4) is 11.1 Å². The summed E-state index contributed by atoms with van der Waals surface area (Å²) >= 11 is 0. The predicted octanol–water partition coefficient (Wildman–Crippen LogP) is 4.74. The summed E-state index contributed by atoms with van der Waals surface area (Å²) in [6, 6.07) is 17.4. The van der Waals surface area contributed by atoms with Crippen molar-refractivity contribution in [2.24, 2.45) is 0 Å². The van der Waals surface area contributed by atoms with Gasteiger partial charge in [0, 0.05) is 12.6 Å². The molecule has 2 aromatic carbocycles. The maximum absolute atomic E-state index is 11.4. The smallest absolute Gasteiger partial charge is 0.313 e. The lowest BCUT2D eigenvalue weighted by molar-refractivity contribution is -0.142. The van der Waals surface area contributed by atoms with E-state index in [-0.39, 0.29) is 0 Å². The topological polar surface area (TPSA) is 40.5 Å². The number of nitrogens with zero attached hydrogens (tertiary/aromatic N) is 1. The van der Waals surface area contributed by atoms with E-state index >= 15 is 0 Å². The van der Waals surface area contributed by atoms with E-state index in [1.807, 2.05) is 24.3 Å². The molecule has 1 fully saturated rings. The number of aliphatic carboxylic acids is 1. The van der Waals surface area contributed by atoms with Crippen molar-refractivity contribution in [2.45, 2.75) is 51.5 Å². The summed E-state index contributed by atoms with van der Waals surface area (Å²) in [6.07, 6.45) is 3.75. The molecule has 0 aliphatic carbocycles. The lowest BCUT2D eigenvalue weighted by atomic mass is 9.84. The third kappa shape index (κ3) is 3.99. The van der Waals surface area contributed by atoms with E-state index in [1.165, 1.54) is 30.5 Å². The third-order valence-corrected chi connectivity index (χ3v) is 5.81. The second-order valence-electron chi connectivity index (χ2n) is 7.98. The molecule has 0 spiro atoms. The average molecular weight is 351 g/mol. The Morgan fingerprint density at radius 1 is 1.08 bits per heavy atom. The van der Waals surface area contributed by atoms with Gasteiger partial charge in [-0.15, -0.1) is 0 Å². The summed E-state index contributed by atoms with van der Waals surface area (Å²) in [5.41, 5.74) is 3.62. The van der Waals surface area contributed by atoms with Crippen molar-refractivity contribution in [1.29, 1.82) is 0 Å². The SMILES string of the molecule is CC1CCCN1CCc1ccc(-c2ccc(C(C)(C)C(=O)O)cc2)cc1. The molecule has 26 heavy (non-hydrogen) atoms. The van der Waals surface area contributed by atoms with Gasteiger partial charge >= 0.3 is 5.97 Å². The molecule has 1 aliphatic rings. The minimum absolute atomic E-state index is 0.725. The van der Waals surface area contributed by atoms with Crippen LogP contribution in [0.2, 0.25) is 0 Å². The Kier molecular flexibility index (Phi) is 5.47. The molecule has 1 saturated heterocycles. The van der Waals surface area contributed by atoms with Gasteiger partial charge in [-0.1, -0.05) is 48.5 Å². The van der Waals surface area contributed by atoms with Gasteiger partial charge in [-0.3, -0.25) is 4.79 Å². The summed E-state index contributed by atoms with van der Waals surface area (Å²) < 4.78 is 0. The molecule has 0 radical (unpaired) electrons. The van der Waals surface area contributed by atoms with Crippen LogP contribution in [0, 0.1) is 0 Å². The highest BCUT2D eigenvalue weighted by Gasteiger charge is 2.29. The van der Waals surface area contributed by atoms with Crippen LogP contribution in [0.3, 0.4) is 0 Å². The highest BCUT2D eigenvalue weighted by molar-refractivity contribution is 5.80. The molecule has 0 aromatic heterocycles. The Bertz CT molecular complexity index is 747. The van der Waals surface area contributed by atoms with E-state index in [0.717, 1.165) is 30.1 Å². The molecule has 3 heteroatoms. The van der Waals surface area contributed by atoms with Crippen molar-refractivity contribution in [3.63, 3.8) is 0 Å². The van der Waals surface area contributed by atoms with E-state index in [1.54, 1.807) is 13.8 Å². The Morgan fingerprint density at radius 2 is 1.65 bits per heavy atom. The van der Waals surface area contributed by atoms with E-state index in [2.05, 4.69) is 36.1 Å². The number of carboxylic acids is 1. The minimum atomic E-state index is -0.866. The second-order valence-corrected chi connectivity index (χ2v) is 7.98. The van der Waals surface area contributed by atoms with Gasteiger partial charge in [0.2, 0.25) is 0 Å². The first-order valence-electron chi connectivity index (χ1n) is 9.55. The molecule has 1 unspecified atom stereocenters. The average Bonchev–Trinajstić information content (AvgIpc) is 3.05. The van der Waals surface area contributed by atoms with E-state index < -0.39 is 11.4 Å². The van der Waals surface area contributed by atoms with Gasteiger partial charge in [0.15, 0.2) is 0 Å². The van der Waals surface area contributed by atoms with Gasteiger partial charge in [0.1, 0.15) is 0 Å². The van der Waals surface area contributed by atoms with Crippen molar-refractivity contribution >= 4 is 5.97 Å². The van der Waals surface area contributed by atoms with E-state index in [9.17, 15) is 9.90 Å². The molecule has 1 atom stereocenters. The minimum Gasteiger partial charge on any atom is -0.481 e. The maximum atomic E-state index is 11.4. The first-order chi connectivity index (χ1) is 12.4. The molecule has 1 aliphatic heterocycles. The van der Waals surface area contributed by atoms with Crippen molar-refractivity contribution in [1.82, 2.24) is 4.90 Å². The highest BCUT2D eigenvalue weighted by atomic mass is 16.4. The number of likely N-dealkylation sites (tertiary alicyclic amines) is 1. The highest BCUT2D eigenvalue weighted by Crippen LogP contribution is 2.27. The molecule has 1 N–H and O–H groups in total. The second kappa shape index (κ2) is 7.63. The standard InChI is InChI=1S/C23H29NO2/c1-17-5-4-15-24(17)16-14-18-6-8-19(9-7-18)20-10-12-21(13-11-20)23(2,3)22(25)26/h6-13,17H,4-5,14-16H2,1-3H3,(H,25,26). The third-order valence-electron chi connectivity index (χ3n) is 5.81. The van der Waals surface area contributed by atoms with Crippen LogP contribution >= 0.6 is 0 Å². The summed E-state index contributed by atoms with van der Waals surface area (Å²) in [7, 11) is 0. The molecular weight excluding hydrogens is 322 g/mol. The van der Waals surface area contributed by atoms with Gasteiger partial charge < -0.3 is 10.0 Å². The fourth-order valence-electron chi connectivity index (χ4n) is 3.66. The largest absolute Gasteiger partial charge is 0.481 e. The van der Waals surface area contributed by atoms with Crippen LogP contribution in [0.15, 0.2) is 48.5 Å². The first-order valence-corrected chi connectivity index (χ1v) is 9.55. The van der Waals surface area contributed by atoms with E-state index in [4.69, 9.17) is 0 Å². The molecule has 3 rings (SSSR count). The van der Waals surface area contributed by atoms with Crippen LogP contribution in [0.4, 0.5) is 0 Å². The number of benzene rings is 2. The number of hydrogen-bond acceptors (Lipinski definition) is 2. The van der Waals surface area contributed by atoms with Gasteiger partial charge in [0.05, 0.1) is 5.41 Å². The molecule has 138 valence electrons. The van der Waals surface area contributed by atoms with Crippen LogP contribution in [-0.4, -0.2) is 35.1 Å². The van der Waals surface area contributed by atoms with E-state index in [0.29, 0.717) is 0 Å². The Hall–Kier alpha value is -2.13. The fourth-order valence-corrected chi connectivity index (χ4v) is 3.66. The summed E-state index contributed by atoms with van der Waals surface area (Å²) in [5, 5.41) is 9.35. The van der Waals surface area contributed by atoms with Crippen molar-refractivity contribution in [3.05, 3.63) is 59.7 Å². The molecular formula is C23H29NO2. The van der Waals surface area contributed by atoms with Crippen LogP contribution < -0.4 is 0 Å². The number of hydrogen-bond donors (Lipinski definition) is 1. The van der Waals surface area contributed by atoms with Gasteiger partial charge in [0.25, 0.3) is 0 Å². The first kappa shape index (κ1) is 18.7. The maximum Gasteiger partial charge on any atom is 0.313 e. The zero-order valence-electron chi connectivity index (χ0n) is 16.0. The predicted molar refractivity (Wildman–Crippen MR) is 107 cm³/mol. The quantitative estimate of drug-likeness (QED) is 0.817. The molecule has 3 nitrogen and oxygen atoms in total. The monoisotopic (exact) mass is 351 g/mol.